The van der Waals surface area contributed by atoms with E-state index in [0.29, 0.717) is 12.1 Å². The van der Waals surface area contributed by atoms with E-state index in [1.807, 2.05) is 24.3 Å². The summed E-state index contributed by atoms with van der Waals surface area (Å²) in [4.78, 5) is 13.7. The second kappa shape index (κ2) is 7.05. The fourth-order valence-electron chi connectivity index (χ4n) is 3.84. The van der Waals surface area contributed by atoms with Crippen LogP contribution in [0.2, 0.25) is 5.02 Å². The molecule has 0 radical (unpaired) electrons. The number of nitrogens with one attached hydrogen (secondary N) is 2. The van der Waals surface area contributed by atoms with Crippen LogP contribution in [-0.4, -0.2) is 34.0 Å². The molecule has 3 atom stereocenters. The molecule has 1 aromatic rings. The Morgan fingerprint density at radius 3 is 2.39 bits per heavy atom. The second-order valence-corrected chi connectivity index (χ2v) is 7.27. The van der Waals surface area contributed by atoms with Crippen LogP contribution in [0.4, 0.5) is 5.69 Å². The molecule has 23 heavy (non-hydrogen) atoms. The lowest BCUT2D eigenvalue weighted by atomic mass is 9.82. The minimum Gasteiger partial charge on any atom is -0.353 e. The summed E-state index contributed by atoms with van der Waals surface area (Å²) < 4.78 is 0. The van der Waals surface area contributed by atoms with E-state index in [2.05, 4.69) is 15.5 Å². The molecule has 2 aliphatic rings. The van der Waals surface area contributed by atoms with Gasteiger partial charge in [0.15, 0.2) is 5.11 Å². The predicted molar refractivity (Wildman–Crippen MR) is 97.8 cm³/mol. The summed E-state index contributed by atoms with van der Waals surface area (Å²) in [6, 6.07) is 8.69. The van der Waals surface area contributed by atoms with Crippen molar-refractivity contribution >= 4 is 40.5 Å². The number of amides is 1. The van der Waals surface area contributed by atoms with E-state index < -0.39 is 0 Å². The molecule has 1 unspecified atom stereocenters. The molecule has 2 aliphatic heterocycles. The molecule has 2 fully saturated rings. The molecule has 3 rings (SSSR count). The lowest BCUT2D eigenvalue weighted by Crippen LogP contribution is -2.59. The highest BCUT2D eigenvalue weighted by molar-refractivity contribution is 7.80. The van der Waals surface area contributed by atoms with Crippen molar-refractivity contribution in [2.45, 2.75) is 57.2 Å². The van der Waals surface area contributed by atoms with Gasteiger partial charge in [-0.15, -0.1) is 0 Å². The molecule has 6 heteroatoms. The largest absolute Gasteiger partial charge is 0.353 e. The van der Waals surface area contributed by atoms with Gasteiger partial charge in [0.2, 0.25) is 5.91 Å². The normalized spacial score (nSPS) is 26.5. The van der Waals surface area contributed by atoms with Gasteiger partial charge in [-0.1, -0.05) is 11.6 Å². The van der Waals surface area contributed by atoms with Crippen LogP contribution in [-0.2, 0) is 4.79 Å². The number of hydrogen-bond acceptors (Lipinski definition) is 2. The zero-order chi connectivity index (χ0) is 16.4. The molecule has 2 heterocycles. The van der Waals surface area contributed by atoms with Crippen molar-refractivity contribution in [3.63, 3.8) is 0 Å². The van der Waals surface area contributed by atoms with Gasteiger partial charge in [-0.05, 0) is 68.6 Å². The Labute approximate surface area is 147 Å². The van der Waals surface area contributed by atoms with Crippen molar-refractivity contribution in [3.8, 4) is 0 Å². The zero-order valence-corrected chi connectivity index (χ0v) is 14.8. The first kappa shape index (κ1) is 16.5. The van der Waals surface area contributed by atoms with Crippen LogP contribution in [0.25, 0.3) is 0 Å². The summed E-state index contributed by atoms with van der Waals surface area (Å²) in [5.41, 5.74) is 0.960. The van der Waals surface area contributed by atoms with Gasteiger partial charge in [0.1, 0.15) is 0 Å². The highest BCUT2D eigenvalue weighted by Crippen LogP contribution is 2.34. The van der Waals surface area contributed by atoms with Gasteiger partial charge in [-0.25, -0.2) is 0 Å². The van der Waals surface area contributed by atoms with E-state index in [1.165, 1.54) is 6.42 Å². The van der Waals surface area contributed by atoms with Gasteiger partial charge in [0, 0.05) is 35.8 Å². The molecular formula is C17H22ClN3OS. The first-order valence-corrected chi connectivity index (χ1v) is 8.93. The van der Waals surface area contributed by atoms with Crippen LogP contribution in [0, 0.1) is 0 Å². The molecular weight excluding hydrogens is 330 g/mol. The van der Waals surface area contributed by atoms with E-state index in [0.717, 1.165) is 41.5 Å². The van der Waals surface area contributed by atoms with E-state index >= 15 is 0 Å². The third-order valence-electron chi connectivity index (χ3n) is 4.71. The summed E-state index contributed by atoms with van der Waals surface area (Å²) in [6.45, 7) is 1.59. The number of hydrogen-bond donors (Lipinski definition) is 2. The highest BCUT2D eigenvalue weighted by Gasteiger charge is 2.39. The Balaban J connectivity index is 1.68. The van der Waals surface area contributed by atoms with Crippen LogP contribution in [0.5, 0.6) is 0 Å². The van der Waals surface area contributed by atoms with Crippen molar-refractivity contribution < 1.29 is 4.79 Å². The summed E-state index contributed by atoms with van der Waals surface area (Å²) in [7, 11) is 0. The standard InChI is InChI=1S/C17H22ClN3OS/c1-11(22)19-14-9-15-3-2-4-16(10-14)21(15)17(23)20-13-7-5-12(18)6-8-13/h5-8,14-16H,2-4,9-10H2,1H3,(H,19,22)(H,20,23)/t14?,15-,16+. The SMILES string of the molecule is CC(=O)NC1C[C@H]2CCC[C@@H](C1)N2C(=S)Nc1ccc(Cl)cc1. The molecule has 1 aromatic carbocycles. The van der Waals surface area contributed by atoms with Crippen molar-refractivity contribution in [3.05, 3.63) is 29.3 Å². The maximum Gasteiger partial charge on any atom is 0.217 e. The second-order valence-electron chi connectivity index (χ2n) is 6.45. The number of rotatable bonds is 2. The molecule has 0 spiro atoms. The van der Waals surface area contributed by atoms with Crippen molar-refractivity contribution in [1.82, 2.24) is 10.2 Å². The average molecular weight is 352 g/mol. The fourth-order valence-corrected chi connectivity index (χ4v) is 4.38. The first-order valence-electron chi connectivity index (χ1n) is 8.15. The molecule has 1 amide bonds. The van der Waals surface area contributed by atoms with Gasteiger partial charge in [-0.2, -0.15) is 0 Å². The first-order chi connectivity index (χ1) is 11.0. The number of nitrogens with zero attached hydrogens (tertiary/aromatic N) is 1. The quantitative estimate of drug-likeness (QED) is 0.800. The van der Waals surface area contributed by atoms with E-state index in [-0.39, 0.29) is 11.9 Å². The molecule has 0 aromatic heterocycles. The Morgan fingerprint density at radius 1 is 1.22 bits per heavy atom. The number of carbonyl (C=O) groups is 1. The summed E-state index contributed by atoms with van der Waals surface area (Å²) in [5.74, 6) is 0.0587. The number of halogens is 1. The minimum absolute atomic E-state index is 0.0587. The number of fused-ring (bicyclic) bond motifs is 2. The van der Waals surface area contributed by atoms with E-state index in [9.17, 15) is 4.79 Å². The van der Waals surface area contributed by atoms with Gasteiger partial charge < -0.3 is 15.5 Å². The monoisotopic (exact) mass is 351 g/mol. The maximum absolute atomic E-state index is 11.3. The number of carbonyl (C=O) groups excluding carboxylic acids is 1. The van der Waals surface area contributed by atoms with Crippen LogP contribution in [0.3, 0.4) is 0 Å². The summed E-state index contributed by atoms with van der Waals surface area (Å²) >= 11 is 11.6. The van der Waals surface area contributed by atoms with Crippen LogP contribution in [0.15, 0.2) is 24.3 Å². The Bertz CT molecular complexity index is 578. The Hall–Kier alpha value is -1.33. The van der Waals surface area contributed by atoms with E-state index in [1.54, 1.807) is 6.92 Å². The molecule has 4 nitrogen and oxygen atoms in total. The zero-order valence-electron chi connectivity index (χ0n) is 13.2. The smallest absolute Gasteiger partial charge is 0.217 e. The van der Waals surface area contributed by atoms with Gasteiger partial charge in [0.05, 0.1) is 0 Å². The Morgan fingerprint density at radius 2 is 1.83 bits per heavy atom. The number of anilines is 1. The fraction of sp³-hybridized carbons (Fsp3) is 0.529. The third kappa shape index (κ3) is 3.96. The van der Waals surface area contributed by atoms with E-state index in [4.69, 9.17) is 23.8 Å². The predicted octanol–water partition coefficient (Wildman–Crippen LogP) is 3.56. The van der Waals surface area contributed by atoms with Crippen molar-refractivity contribution in [1.29, 1.82) is 0 Å². The highest BCUT2D eigenvalue weighted by atomic mass is 35.5. The average Bonchev–Trinajstić information content (AvgIpc) is 2.48. The van der Waals surface area contributed by atoms with Gasteiger partial charge >= 0.3 is 0 Å². The Kier molecular flexibility index (Phi) is 5.07. The lowest BCUT2D eigenvalue weighted by Gasteiger charge is -2.50. The maximum atomic E-state index is 11.3. The molecule has 2 bridgehead atoms. The summed E-state index contributed by atoms with van der Waals surface area (Å²) in [5, 5.41) is 7.91. The van der Waals surface area contributed by atoms with Gasteiger partial charge in [0.25, 0.3) is 0 Å². The number of benzene rings is 1. The lowest BCUT2D eigenvalue weighted by molar-refractivity contribution is -0.120. The number of piperidine rings is 2. The van der Waals surface area contributed by atoms with Crippen molar-refractivity contribution in [2.75, 3.05) is 5.32 Å². The third-order valence-corrected chi connectivity index (χ3v) is 5.28. The van der Waals surface area contributed by atoms with Crippen LogP contribution < -0.4 is 10.6 Å². The summed E-state index contributed by atoms with van der Waals surface area (Å²) in [6.07, 6.45) is 5.45. The molecule has 2 N–H and O–H groups in total. The number of thiocarbonyl (C=S) groups is 1. The molecule has 0 saturated carbocycles. The van der Waals surface area contributed by atoms with Crippen molar-refractivity contribution in [2.24, 2.45) is 0 Å². The molecule has 124 valence electrons. The molecule has 0 aliphatic carbocycles. The van der Waals surface area contributed by atoms with Gasteiger partial charge in [-0.3, -0.25) is 4.79 Å². The van der Waals surface area contributed by atoms with Crippen LogP contribution >= 0.6 is 23.8 Å². The minimum atomic E-state index is 0.0587. The topological polar surface area (TPSA) is 44.4 Å². The molecule has 2 saturated heterocycles. The van der Waals surface area contributed by atoms with Crippen LogP contribution in [0.1, 0.15) is 39.0 Å².